The number of allylic oxidation sites excluding steroid dienone is 7. The van der Waals surface area contributed by atoms with Gasteiger partial charge >= 0.3 is 5.97 Å². The molecule has 1 N–H and O–H groups in total. The molecule has 308 valence electrons. The number of carbonyl (C=O) groups excluding carboxylic acids is 3. The SMILES string of the molecule is CC(=O)O[C@H]1CC[C@@]2(C)C(CC[C@]3(C)[C@@H]2C(=O)C=C2[C@@H]4CC(C)(C(=O)NCCSCC=C(C)CCC=C(C)CCC=C(C)C)CC[C@]4(C)CC[C@]23C)C1(C)C. The Hall–Kier alpha value is -2.08. The van der Waals surface area contributed by atoms with E-state index in [1.54, 1.807) is 0 Å². The number of ether oxygens (including phenoxy) is 1. The van der Waals surface area contributed by atoms with Crippen LogP contribution in [0.5, 0.6) is 0 Å². The molecule has 5 nitrogen and oxygen atoms in total. The molecule has 0 bridgehead atoms. The third kappa shape index (κ3) is 8.56. The van der Waals surface area contributed by atoms with E-state index in [2.05, 4.69) is 106 Å². The van der Waals surface area contributed by atoms with Crippen molar-refractivity contribution in [2.24, 2.45) is 50.2 Å². The first-order valence-electron chi connectivity index (χ1n) is 21.9. The summed E-state index contributed by atoms with van der Waals surface area (Å²) in [5, 5.41) is 3.35. The number of nitrogens with one attached hydrogen (secondary N) is 1. The summed E-state index contributed by atoms with van der Waals surface area (Å²) in [4.78, 5) is 40.9. The molecule has 2 unspecified atom stereocenters. The lowest BCUT2D eigenvalue weighted by Crippen LogP contribution is -2.66. The quantitative estimate of drug-likeness (QED) is 0.115. The molecule has 0 radical (unpaired) electrons. The Morgan fingerprint density at radius 3 is 2.16 bits per heavy atom. The lowest BCUT2D eigenvalue weighted by Gasteiger charge is -2.70. The van der Waals surface area contributed by atoms with E-state index >= 15 is 0 Å². The molecular weight excluding hydrogens is 699 g/mol. The number of ketones is 1. The number of amides is 1. The number of fused-ring (bicyclic) bond motifs is 7. The van der Waals surface area contributed by atoms with Crippen molar-refractivity contribution < 1.29 is 19.1 Å². The zero-order chi connectivity index (χ0) is 40.6. The summed E-state index contributed by atoms with van der Waals surface area (Å²) in [5.41, 5.74) is 4.77. The molecule has 1 amide bonds. The molecule has 4 saturated carbocycles. The van der Waals surface area contributed by atoms with Crippen LogP contribution in [0.15, 0.2) is 46.6 Å². The van der Waals surface area contributed by atoms with Gasteiger partial charge in [-0.2, -0.15) is 11.8 Å². The second-order valence-corrected chi connectivity index (χ2v) is 22.2. The van der Waals surface area contributed by atoms with E-state index in [4.69, 9.17) is 4.74 Å². The fraction of sp³-hybridized carbons (Fsp3) is 0.776. The van der Waals surface area contributed by atoms with Crippen molar-refractivity contribution in [3.05, 3.63) is 46.6 Å². The zero-order valence-electron chi connectivity index (χ0n) is 37.0. The number of carbonyl (C=O) groups is 3. The molecule has 5 aliphatic carbocycles. The third-order valence-corrected chi connectivity index (χ3v) is 17.5. The van der Waals surface area contributed by atoms with Crippen molar-refractivity contribution in [3.63, 3.8) is 0 Å². The van der Waals surface area contributed by atoms with Crippen LogP contribution in [0.4, 0.5) is 0 Å². The van der Waals surface area contributed by atoms with Crippen molar-refractivity contribution in [1.82, 2.24) is 5.32 Å². The van der Waals surface area contributed by atoms with Gasteiger partial charge in [0.15, 0.2) is 5.78 Å². The number of esters is 1. The Labute approximate surface area is 340 Å². The minimum atomic E-state index is -0.439. The molecule has 55 heavy (non-hydrogen) atoms. The van der Waals surface area contributed by atoms with Gasteiger partial charge in [0.1, 0.15) is 6.10 Å². The standard InChI is InChI=1S/C49H77NO4S/c1-33(2)15-13-16-34(3)17-14-18-35(4)21-29-55-30-28-50-43(53)46(9)25-24-45(8)26-27-48(11)37(38(45)32-46)31-39(52)42-47(10)22-20-41(54-36(5)51)44(6,7)40(47)19-23-49(42,48)12/h15,17,21,31,38,40-42H,13-14,16,18-20,22-30,32H2,1-12H3,(H,50,53)/t38-,40?,41-,42+,45+,46?,47-,48+,49+/m0/s1. The molecule has 0 saturated heterocycles. The highest BCUT2D eigenvalue weighted by Crippen LogP contribution is 2.75. The first-order valence-corrected chi connectivity index (χ1v) is 23.0. The molecular formula is C49H77NO4S. The monoisotopic (exact) mass is 776 g/mol. The zero-order valence-corrected chi connectivity index (χ0v) is 37.8. The average molecular weight is 776 g/mol. The minimum Gasteiger partial charge on any atom is -0.462 e. The fourth-order valence-electron chi connectivity index (χ4n) is 12.8. The summed E-state index contributed by atoms with van der Waals surface area (Å²) in [6, 6.07) is 0. The van der Waals surface area contributed by atoms with Crippen LogP contribution in [0.1, 0.15) is 167 Å². The number of hydrogen-bond donors (Lipinski definition) is 1. The van der Waals surface area contributed by atoms with Crippen molar-refractivity contribution in [2.75, 3.05) is 18.1 Å². The van der Waals surface area contributed by atoms with Crippen molar-refractivity contribution >= 4 is 29.4 Å². The first-order chi connectivity index (χ1) is 25.6. The maximum absolute atomic E-state index is 14.8. The molecule has 6 heteroatoms. The van der Waals surface area contributed by atoms with Gasteiger partial charge in [-0.25, -0.2) is 0 Å². The van der Waals surface area contributed by atoms with Crippen LogP contribution in [0.3, 0.4) is 0 Å². The summed E-state index contributed by atoms with van der Waals surface area (Å²) in [6.07, 6.45) is 22.3. The number of hydrogen-bond acceptors (Lipinski definition) is 5. The molecule has 0 aromatic rings. The molecule has 5 rings (SSSR count). The van der Waals surface area contributed by atoms with E-state index < -0.39 is 5.41 Å². The molecule has 0 aromatic carbocycles. The van der Waals surface area contributed by atoms with Crippen LogP contribution >= 0.6 is 11.8 Å². The first kappa shape index (κ1) is 44.0. The predicted molar refractivity (Wildman–Crippen MR) is 231 cm³/mol. The Morgan fingerprint density at radius 1 is 0.836 bits per heavy atom. The fourth-order valence-corrected chi connectivity index (χ4v) is 13.7. The molecule has 0 aromatic heterocycles. The third-order valence-electron chi connectivity index (χ3n) is 16.6. The van der Waals surface area contributed by atoms with E-state index in [0.717, 1.165) is 95.0 Å². The summed E-state index contributed by atoms with van der Waals surface area (Å²) in [5.74, 6) is 2.68. The van der Waals surface area contributed by atoms with Gasteiger partial charge < -0.3 is 10.1 Å². The normalized spacial score (nSPS) is 38.4. The topological polar surface area (TPSA) is 72.5 Å². The summed E-state index contributed by atoms with van der Waals surface area (Å²) < 4.78 is 5.91. The van der Waals surface area contributed by atoms with Crippen molar-refractivity contribution in [1.29, 1.82) is 0 Å². The van der Waals surface area contributed by atoms with Crippen LogP contribution < -0.4 is 5.32 Å². The molecule has 9 atom stereocenters. The van der Waals surface area contributed by atoms with Gasteiger partial charge in [0, 0.05) is 41.7 Å². The lowest BCUT2D eigenvalue weighted by atomic mass is 9.33. The van der Waals surface area contributed by atoms with E-state index in [0.29, 0.717) is 18.2 Å². The Balaban J connectivity index is 1.21. The van der Waals surface area contributed by atoms with Crippen LogP contribution in [-0.4, -0.2) is 41.8 Å². The van der Waals surface area contributed by atoms with Gasteiger partial charge in [-0.05, 0) is 151 Å². The summed E-state index contributed by atoms with van der Waals surface area (Å²) in [7, 11) is 0. The highest BCUT2D eigenvalue weighted by molar-refractivity contribution is 7.99. The maximum atomic E-state index is 14.8. The van der Waals surface area contributed by atoms with Gasteiger partial charge in [0.25, 0.3) is 0 Å². The molecule has 0 heterocycles. The Kier molecular flexibility index (Phi) is 13.3. The van der Waals surface area contributed by atoms with E-state index in [-0.39, 0.29) is 56.9 Å². The summed E-state index contributed by atoms with van der Waals surface area (Å²) >= 11 is 1.89. The lowest BCUT2D eigenvalue weighted by molar-refractivity contribution is -0.210. The highest BCUT2D eigenvalue weighted by atomic mass is 32.2. The van der Waals surface area contributed by atoms with Gasteiger partial charge in [0.05, 0.1) is 0 Å². The van der Waals surface area contributed by atoms with Crippen LogP contribution in [0.2, 0.25) is 0 Å². The minimum absolute atomic E-state index is 0.0486. The van der Waals surface area contributed by atoms with Gasteiger partial charge in [-0.1, -0.05) is 89.0 Å². The van der Waals surface area contributed by atoms with Crippen molar-refractivity contribution in [2.45, 2.75) is 173 Å². The average Bonchev–Trinajstić information content (AvgIpc) is 3.09. The van der Waals surface area contributed by atoms with Gasteiger partial charge in [-0.15, -0.1) is 0 Å². The molecule has 0 aliphatic heterocycles. The molecule has 0 spiro atoms. The van der Waals surface area contributed by atoms with E-state index in [9.17, 15) is 14.4 Å². The largest absolute Gasteiger partial charge is 0.462 e. The van der Waals surface area contributed by atoms with E-state index in [1.165, 1.54) is 29.2 Å². The number of rotatable bonds is 13. The van der Waals surface area contributed by atoms with E-state index in [1.807, 2.05) is 11.8 Å². The van der Waals surface area contributed by atoms with Crippen molar-refractivity contribution in [3.8, 4) is 0 Å². The van der Waals surface area contributed by atoms with Crippen LogP contribution in [0.25, 0.3) is 0 Å². The van der Waals surface area contributed by atoms with Gasteiger partial charge in [-0.3, -0.25) is 14.4 Å². The summed E-state index contributed by atoms with van der Waals surface area (Å²) in [6.45, 7) is 27.5. The van der Waals surface area contributed by atoms with Gasteiger partial charge in [0.2, 0.25) is 5.91 Å². The highest BCUT2D eigenvalue weighted by Gasteiger charge is 2.70. The Morgan fingerprint density at radius 2 is 1.49 bits per heavy atom. The predicted octanol–water partition coefficient (Wildman–Crippen LogP) is 12.2. The second kappa shape index (κ2) is 16.6. The molecule has 5 aliphatic rings. The van der Waals surface area contributed by atoms with Crippen LogP contribution in [0, 0.1) is 50.2 Å². The second-order valence-electron chi connectivity index (χ2n) is 21.0. The Bertz CT molecular complexity index is 1600. The smallest absolute Gasteiger partial charge is 0.302 e. The molecule has 4 fully saturated rings. The number of thioether (sulfide) groups is 1. The maximum Gasteiger partial charge on any atom is 0.302 e. The van der Waals surface area contributed by atoms with Crippen LogP contribution in [-0.2, 0) is 19.1 Å².